The van der Waals surface area contributed by atoms with Crippen molar-refractivity contribution in [2.75, 3.05) is 16.8 Å². The summed E-state index contributed by atoms with van der Waals surface area (Å²) >= 11 is 1.38. The Morgan fingerprint density at radius 2 is 2.19 bits per heavy atom. The van der Waals surface area contributed by atoms with Gasteiger partial charge in [0, 0.05) is 42.3 Å². The number of carbonyl (C=O) groups excluding carboxylic acids is 1. The fourth-order valence-corrected chi connectivity index (χ4v) is 3.23. The molecule has 0 unspecified atom stereocenters. The van der Waals surface area contributed by atoms with Gasteiger partial charge in [0.2, 0.25) is 11.0 Å². The van der Waals surface area contributed by atoms with Crippen LogP contribution in [0.3, 0.4) is 0 Å². The van der Waals surface area contributed by atoms with Crippen LogP contribution in [0.1, 0.15) is 31.7 Å². The molecular weight excluding hydrogens is 284 g/mol. The number of nitrogens with zero attached hydrogens (tertiary/aromatic N) is 3. The van der Waals surface area contributed by atoms with Gasteiger partial charge in [-0.15, -0.1) is 0 Å². The molecule has 2 heterocycles. The first-order valence-corrected chi connectivity index (χ1v) is 8.01. The monoisotopic (exact) mass is 302 g/mol. The van der Waals surface area contributed by atoms with Crippen molar-refractivity contribution in [1.29, 1.82) is 0 Å². The van der Waals surface area contributed by atoms with Crippen LogP contribution in [0, 0.1) is 0 Å². The summed E-state index contributed by atoms with van der Waals surface area (Å²) < 4.78 is 4.27. The molecule has 2 aromatic rings. The van der Waals surface area contributed by atoms with Crippen LogP contribution in [-0.4, -0.2) is 21.8 Å². The molecule has 1 aliphatic rings. The predicted octanol–water partition coefficient (Wildman–Crippen LogP) is 3.14. The number of nitrogens with one attached hydrogen (secondary N) is 1. The summed E-state index contributed by atoms with van der Waals surface area (Å²) in [6.07, 6.45) is 2.23. The zero-order valence-corrected chi connectivity index (χ0v) is 13.0. The first-order chi connectivity index (χ1) is 10.2. The van der Waals surface area contributed by atoms with Crippen LogP contribution < -0.4 is 10.2 Å². The van der Waals surface area contributed by atoms with E-state index in [0.717, 1.165) is 41.7 Å². The van der Waals surface area contributed by atoms with Crippen LogP contribution in [0.25, 0.3) is 0 Å². The number of fused-ring (bicyclic) bond motifs is 1. The second kappa shape index (κ2) is 5.81. The predicted molar refractivity (Wildman–Crippen MR) is 85.4 cm³/mol. The molecule has 21 heavy (non-hydrogen) atoms. The van der Waals surface area contributed by atoms with Gasteiger partial charge in [0.1, 0.15) is 5.82 Å². The summed E-state index contributed by atoms with van der Waals surface area (Å²) in [5, 5.41) is 4.11. The van der Waals surface area contributed by atoms with Crippen LogP contribution in [-0.2, 0) is 17.6 Å². The number of amides is 1. The van der Waals surface area contributed by atoms with Gasteiger partial charge in [-0.25, -0.2) is 4.98 Å². The number of rotatable bonds is 4. The molecule has 3 rings (SSSR count). The lowest BCUT2D eigenvalue weighted by atomic mass is 10.0. The van der Waals surface area contributed by atoms with E-state index < -0.39 is 0 Å². The number of aryl methyl sites for hydroxylation is 2. The SMILES string of the molecule is CCc1nsc(Nc2ccc3c(c2)CCC(=O)N3CC)n1. The van der Waals surface area contributed by atoms with Gasteiger partial charge in [0.25, 0.3) is 0 Å². The Labute approximate surface area is 128 Å². The third kappa shape index (κ3) is 2.76. The smallest absolute Gasteiger partial charge is 0.227 e. The first kappa shape index (κ1) is 14.0. The van der Waals surface area contributed by atoms with E-state index in [1.54, 1.807) is 0 Å². The summed E-state index contributed by atoms with van der Waals surface area (Å²) in [6.45, 7) is 4.77. The van der Waals surface area contributed by atoms with Gasteiger partial charge in [0.15, 0.2) is 0 Å². The maximum Gasteiger partial charge on any atom is 0.227 e. The van der Waals surface area contributed by atoms with E-state index in [1.165, 1.54) is 17.1 Å². The maximum absolute atomic E-state index is 11.9. The van der Waals surface area contributed by atoms with Gasteiger partial charge in [-0.2, -0.15) is 4.37 Å². The number of anilines is 3. The lowest BCUT2D eigenvalue weighted by Gasteiger charge is -2.28. The highest BCUT2D eigenvalue weighted by molar-refractivity contribution is 7.09. The van der Waals surface area contributed by atoms with Crippen molar-refractivity contribution >= 4 is 33.9 Å². The molecule has 1 N–H and O–H groups in total. The zero-order chi connectivity index (χ0) is 14.8. The molecule has 0 bridgehead atoms. The van der Waals surface area contributed by atoms with Crippen LogP contribution >= 0.6 is 11.5 Å². The molecule has 1 aromatic carbocycles. The summed E-state index contributed by atoms with van der Waals surface area (Å²) in [7, 11) is 0. The fraction of sp³-hybridized carbons (Fsp3) is 0.400. The lowest BCUT2D eigenvalue weighted by molar-refractivity contribution is -0.118. The van der Waals surface area contributed by atoms with Crippen molar-refractivity contribution in [2.45, 2.75) is 33.1 Å². The summed E-state index contributed by atoms with van der Waals surface area (Å²) in [5.74, 6) is 1.07. The van der Waals surface area contributed by atoms with Crippen molar-refractivity contribution < 1.29 is 4.79 Å². The average Bonchev–Trinajstić information content (AvgIpc) is 2.95. The van der Waals surface area contributed by atoms with E-state index >= 15 is 0 Å². The third-order valence-electron chi connectivity index (χ3n) is 3.63. The van der Waals surface area contributed by atoms with Crippen LogP contribution in [0.4, 0.5) is 16.5 Å². The highest BCUT2D eigenvalue weighted by Crippen LogP contribution is 2.31. The van der Waals surface area contributed by atoms with Gasteiger partial charge in [-0.1, -0.05) is 6.92 Å². The molecule has 0 saturated heterocycles. The second-order valence-corrected chi connectivity index (χ2v) is 5.73. The van der Waals surface area contributed by atoms with E-state index in [0.29, 0.717) is 6.42 Å². The minimum atomic E-state index is 0.211. The Hall–Kier alpha value is -1.95. The number of carbonyl (C=O) groups is 1. The highest BCUT2D eigenvalue weighted by atomic mass is 32.1. The molecule has 1 aliphatic heterocycles. The number of benzene rings is 1. The lowest BCUT2D eigenvalue weighted by Crippen LogP contribution is -2.34. The van der Waals surface area contributed by atoms with Gasteiger partial charge in [-0.3, -0.25) is 4.79 Å². The normalized spacial score (nSPS) is 14.2. The summed E-state index contributed by atoms with van der Waals surface area (Å²) in [5.41, 5.74) is 3.24. The Bertz CT molecular complexity index is 667. The fourth-order valence-electron chi connectivity index (χ4n) is 2.56. The second-order valence-electron chi connectivity index (χ2n) is 4.98. The molecule has 1 amide bonds. The van der Waals surface area contributed by atoms with Crippen LogP contribution in [0.2, 0.25) is 0 Å². The van der Waals surface area contributed by atoms with E-state index in [2.05, 4.69) is 20.7 Å². The van der Waals surface area contributed by atoms with Crippen LogP contribution in [0.15, 0.2) is 18.2 Å². The van der Waals surface area contributed by atoms with Gasteiger partial charge in [-0.05, 0) is 37.1 Å². The van der Waals surface area contributed by atoms with E-state index in [9.17, 15) is 4.79 Å². The average molecular weight is 302 g/mol. The first-order valence-electron chi connectivity index (χ1n) is 7.24. The molecule has 0 aliphatic carbocycles. The number of hydrogen-bond donors (Lipinski definition) is 1. The topological polar surface area (TPSA) is 58.1 Å². The van der Waals surface area contributed by atoms with E-state index in [4.69, 9.17) is 0 Å². The molecular formula is C15H18N4OS. The third-order valence-corrected chi connectivity index (χ3v) is 4.30. The molecule has 1 aromatic heterocycles. The summed E-state index contributed by atoms with van der Waals surface area (Å²) in [6, 6.07) is 6.12. The molecule has 0 fully saturated rings. The van der Waals surface area contributed by atoms with Crippen molar-refractivity contribution in [3.63, 3.8) is 0 Å². The van der Waals surface area contributed by atoms with Gasteiger partial charge < -0.3 is 10.2 Å². The molecule has 0 saturated carbocycles. The summed E-state index contributed by atoms with van der Waals surface area (Å²) in [4.78, 5) is 18.2. The Balaban J connectivity index is 1.84. The molecule has 0 atom stereocenters. The standard InChI is InChI=1S/C15H18N4OS/c1-3-13-17-15(21-18-13)16-11-6-7-12-10(9-11)5-8-14(20)19(12)4-2/h6-7,9H,3-5,8H2,1-2H3,(H,16,17,18). The Morgan fingerprint density at radius 3 is 2.90 bits per heavy atom. The maximum atomic E-state index is 11.9. The molecule has 0 radical (unpaired) electrons. The largest absolute Gasteiger partial charge is 0.330 e. The van der Waals surface area contributed by atoms with Gasteiger partial charge in [0.05, 0.1) is 0 Å². The molecule has 6 heteroatoms. The molecule has 5 nitrogen and oxygen atoms in total. The van der Waals surface area contributed by atoms with Gasteiger partial charge >= 0.3 is 0 Å². The molecule has 0 spiro atoms. The van der Waals surface area contributed by atoms with Crippen molar-refractivity contribution in [3.8, 4) is 0 Å². The molecule has 110 valence electrons. The minimum Gasteiger partial charge on any atom is -0.330 e. The Morgan fingerprint density at radius 1 is 1.33 bits per heavy atom. The van der Waals surface area contributed by atoms with E-state index in [1.807, 2.05) is 30.9 Å². The van der Waals surface area contributed by atoms with Crippen molar-refractivity contribution in [2.24, 2.45) is 0 Å². The minimum absolute atomic E-state index is 0.211. The van der Waals surface area contributed by atoms with Crippen LogP contribution in [0.5, 0.6) is 0 Å². The zero-order valence-electron chi connectivity index (χ0n) is 12.2. The van der Waals surface area contributed by atoms with Crippen molar-refractivity contribution in [1.82, 2.24) is 9.36 Å². The number of aromatic nitrogens is 2. The van der Waals surface area contributed by atoms with E-state index in [-0.39, 0.29) is 5.91 Å². The number of hydrogen-bond acceptors (Lipinski definition) is 5. The Kier molecular flexibility index (Phi) is 3.88. The van der Waals surface area contributed by atoms with Crippen molar-refractivity contribution in [3.05, 3.63) is 29.6 Å². The quantitative estimate of drug-likeness (QED) is 0.942. The highest BCUT2D eigenvalue weighted by Gasteiger charge is 2.22.